The Labute approximate surface area is 150 Å². The first-order valence-corrected chi connectivity index (χ1v) is 8.55. The zero-order chi connectivity index (χ0) is 16.4. The predicted molar refractivity (Wildman–Crippen MR) is 97.4 cm³/mol. The van der Waals surface area contributed by atoms with Crippen LogP contribution in [-0.4, -0.2) is 26.1 Å². The molecule has 1 aliphatic heterocycles. The highest BCUT2D eigenvalue weighted by Gasteiger charge is 2.34. The van der Waals surface area contributed by atoms with Gasteiger partial charge in [0, 0.05) is 16.4 Å². The Morgan fingerprint density at radius 3 is 2.78 bits per heavy atom. The van der Waals surface area contributed by atoms with Crippen molar-refractivity contribution in [2.24, 2.45) is 0 Å². The number of amides is 2. The van der Waals surface area contributed by atoms with Crippen molar-refractivity contribution >= 4 is 62.1 Å². The maximum absolute atomic E-state index is 12.4. The first-order chi connectivity index (χ1) is 11.1. The molecule has 23 heavy (non-hydrogen) atoms. The van der Waals surface area contributed by atoms with E-state index in [2.05, 4.69) is 26.3 Å². The molecular weight excluding hydrogens is 398 g/mol. The number of thioether (sulfide) groups is 1. The number of nitrogens with zero attached hydrogens (tertiary/aromatic N) is 1. The van der Waals surface area contributed by atoms with Crippen molar-refractivity contribution in [1.82, 2.24) is 15.4 Å². The number of hydrogen-bond donors (Lipinski definition) is 2. The molecule has 0 saturated carbocycles. The number of hydrazine groups is 1. The quantitative estimate of drug-likeness (QED) is 0.604. The fourth-order valence-electron chi connectivity index (χ4n) is 1.95. The number of thiocarbonyl (C=S) groups is 1. The highest BCUT2D eigenvalue weighted by atomic mass is 79.9. The molecular formula is C15H10BrN3O2S2. The average molecular weight is 408 g/mol. The lowest BCUT2D eigenvalue weighted by Crippen LogP contribution is -2.44. The van der Waals surface area contributed by atoms with E-state index in [9.17, 15) is 9.59 Å². The molecule has 0 bridgehead atoms. The zero-order valence-corrected chi connectivity index (χ0v) is 14.8. The second kappa shape index (κ2) is 6.69. The van der Waals surface area contributed by atoms with E-state index in [1.54, 1.807) is 36.5 Å². The third kappa shape index (κ3) is 3.39. The minimum absolute atomic E-state index is 0.285. The smallest absolute Gasteiger partial charge is 0.285 e. The van der Waals surface area contributed by atoms with Crippen molar-refractivity contribution < 1.29 is 9.59 Å². The number of carbonyl (C=O) groups is 2. The summed E-state index contributed by atoms with van der Waals surface area (Å²) in [7, 11) is 0. The van der Waals surface area contributed by atoms with E-state index in [0.29, 0.717) is 14.9 Å². The van der Waals surface area contributed by atoms with Crippen molar-refractivity contribution in [3.63, 3.8) is 0 Å². The Morgan fingerprint density at radius 2 is 2.09 bits per heavy atom. The van der Waals surface area contributed by atoms with Crippen molar-refractivity contribution in [2.45, 2.75) is 0 Å². The SMILES string of the molecule is O=C(NN1C(=O)C(=Cc2ccc[nH]2)SC1=S)c1ccccc1Br. The summed E-state index contributed by atoms with van der Waals surface area (Å²) in [5.41, 5.74) is 3.77. The van der Waals surface area contributed by atoms with E-state index in [4.69, 9.17) is 12.2 Å². The lowest BCUT2D eigenvalue weighted by Gasteiger charge is -2.16. The van der Waals surface area contributed by atoms with Crippen LogP contribution in [0, 0.1) is 0 Å². The maximum atomic E-state index is 12.4. The molecule has 1 aromatic carbocycles. The molecule has 1 aliphatic rings. The van der Waals surface area contributed by atoms with Gasteiger partial charge < -0.3 is 4.98 Å². The first kappa shape index (κ1) is 16.0. The minimum Gasteiger partial charge on any atom is -0.362 e. The van der Waals surface area contributed by atoms with Crippen LogP contribution in [0.25, 0.3) is 6.08 Å². The number of aromatic amines is 1. The first-order valence-electron chi connectivity index (χ1n) is 6.53. The van der Waals surface area contributed by atoms with E-state index in [-0.39, 0.29) is 10.2 Å². The zero-order valence-electron chi connectivity index (χ0n) is 11.6. The van der Waals surface area contributed by atoms with Gasteiger partial charge in [-0.05, 0) is 58.5 Å². The maximum Gasteiger partial charge on any atom is 0.285 e. The molecule has 5 nitrogen and oxygen atoms in total. The van der Waals surface area contributed by atoms with Crippen LogP contribution in [0.1, 0.15) is 16.1 Å². The highest BCUT2D eigenvalue weighted by Crippen LogP contribution is 2.31. The second-order valence-electron chi connectivity index (χ2n) is 4.56. The minimum atomic E-state index is -0.408. The number of benzene rings is 1. The van der Waals surface area contributed by atoms with Crippen LogP contribution >= 0.6 is 39.9 Å². The van der Waals surface area contributed by atoms with Crippen molar-refractivity contribution in [1.29, 1.82) is 0 Å². The van der Waals surface area contributed by atoms with Crippen molar-refractivity contribution in [3.05, 3.63) is 63.2 Å². The monoisotopic (exact) mass is 407 g/mol. The summed E-state index contributed by atoms with van der Waals surface area (Å²) in [5.74, 6) is -0.759. The van der Waals surface area contributed by atoms with Crippen LogP contribution in [0.15, 0.2) is 52.0 Å². The van der Waals surface area contributed by atoms with Gasteiger partial charge in [-0.1, -0.05) is 23.9 Å². The van der Waals surface area contributed by atoms with Crippen LogP contribution in [0.5, 0.6) is 0 Å². The van der Waals surface area contributed by atoms with Gasteiger partial charge in [-0.25, -0.2) is 0 Å². The van der Waals surface area contributed by atoms with Gasteiger partial charge in [-0.3, -0.25) is 15.0 Å². The Bertz CT molecular complexity index is 818. The molecule has 2 N–H and O–H groups in total. The third-order valence-corrected chi connectivity index (χ3v) is 5.03. The van der Waals surface area contributed by atoms with Crippen molar-refractivity contribution in [3.8, 4) is 0 Å². The summed E-state index contributed by atoms with van der Waals surface area (Å²) < 4.78 is 0.929. The van der Waals surface area contributed by atoms with E-state index in [1.807, 2.05) is 12.1 Å². The van der Waals surface area contributed by atoms with Crippen LogP contribution in [0.3, 0.4) is 0 Å². The van der Waals surface area contributed by atoms with Gasteiger partial charge in [0.25, 0.3) is 11.8 Å². The normalized spacial score (nSPS) is 16.2. The number of hydrogen-bond acceptors (Lipinski definition) is 4. The Hall–Kier alpha value is -1.90. The van der Waals surface area contributed by atoms with E-state index < -0.39 is 5.91 Å². The lowest BCUT2D eigenvalue weighted by atomic mass is 10.2. The molecule has 8 heteroatoms. The van der Waals surface area contributed by atoms with Gasteiger partial charge >= 0.3 is 0 Å². The van der Waals surface area contributed by atoms with Gasteiger partial charge in [0.15, 0.2) is 4.32 Å². The van der Waals surface area contributed by atoms with Gasteiger partial charge in [-0.2, -0.15) is 5.01 Å². The molecule has 0 spiro atoms. The Balaban J connectivity index is 1.79. The fraction of sp³-hybridized carbons (Fsp3) is 0. The molecule has 1 saturated heterocycles. The molecule has 116 valence electrons. The molecule has 0 radical (unpaired) electrons. The van der Waals surface area contributed by atoms with Gasteiger partial charge in [0.2, 0.25) is 0 Å². The number of halogens is 1. The summed E-state index contributed by atoms with van der Waals surface area (Å²) in [6, 6.07) is 10.6. The summed E-state index contributed by atoms with van der Waals surface area (Å²) >= 11 is 9.64. The number of rotatable bonds is 3. The molecule has 2 heterocycles. The van der Waals surface area contributed by atoms with E-state index in [1.165, 1.54) is 0 Å². The topological polar surface area (TPSA) is 65.2 Å². The van der Waals surface area contributed by atoms with Gasteiger partial charge in [-0.15, -0.1) is 0 Å². The van der Waals surface area contributed by atoms with E-state index in [0.717, 1.165) is 22.5 Å². The summed E-state index contributed by atoms with van der Waals surface area (Å²) in [4.78, 5) is 28.1. The van der Waals surface area contributed by atoms with Crippen LogP contribution < -0.4 is 5.43 Å². The number of nitrogens with one attached hydrogen (secondary N) is 2. The summed E-state index contributed by atoms with van der Waals surface area (Å²) in [6.45, 7) is 0. The molecule has 2 aromatic rings. The molecule has 2 amide bonds. The molecule has 1 fully saturated rings. The number of carbonyl (C=O) groups excluding carboxylic acids is 2. The molecule has 0 unspecified atom stereocenters. The lowest BCUT2D eigenvalue weighted by molar-refractivity contribution is -0.123. The number of H-pyrrole nitrogens is 1. The van der Waals surface area contributed by atoms with Gasteiger partial charge in [0.1, 0.15) is 0 Å². The van der Waals surface area contributed by atoms with Crippen LogP contribution in [0.2, 0.25) is 0 Å². The van der Waals surface area contributed by atoms with Crippen LogP contribution in [-0.2, 0) is 4.79 Å². The average Bonchev–Trinajstić information content (AvgIpc) is 3.12. The highest BCUT2D eigenvalue weighted by molar-refractivity contribution is 9.10. The Kier molecular flexibility index (Phi) is 4.65. The molecule has 0 aliphatic carbocycles. The largest absolute Gasteiger partial charge is 0.362 e. The van der Waals surface area contributed by atoms with Gasteiger partial charge in [0.05, 0.1) is 10.5 Å². The predicted octanol–water partition coefficient (Wildman–Crippen LogP) is 3.32. The van der Waals surface area contributed by atoms with Crippen LogP contribution in [0.4, 0.5) is 0 Å². The Morgan fingerprint density at radius 1 is 1.30 bits per heavy atom. The molecule has 0 atom stereocenters. The second-order valence-corrected chi connectivity index (χ2v) is 7.09. The van der Waals surface area contributed by atoms with Crippen molar-refractivity contribution in [2.75, 3.05) is 0 Å². The van der Waals surface area contributed by atoms with E-state index >= 15 is 0 Å². The number of aromatic nitrogens is 1. The standard InChI is InChI=1S/C15H10BrN3O2S2/c16-11-6-2-1-5-10(11)13(20)18-19-14(21)12(23-15(19)22)8-9-4-3-7-17-9/h1-8,17H,(H,18,20). The fourth-order valence-corrected chi connectivity index (χ4v) is 3.58. The molecule has 1 aromatic heterocycles. The summed E-state index contributed by atoms with van der Waals surface area (Å²) in [6.07, 6.45) is 3.46. The third-order valence-electron chi connectivity index (χ3n) is 3.03. The summed E-state index contributed by atoms with van der Waals surface area (Å²) in [5, 5.41) is 1.09. The molecule has 3 rings (SSSR count).